The maximum absolute atomic E-state index is 13.5. The molecule has 2 aromatic carbocycles. The summed E-state index contributed by atoms with van der Waals surface area (Å²) in [4.78, 5) is 21.9. The summed E-state index contributed by atoms with van der Waals surface area (Å²) in [5.74, 6) is 0.0328. The van der Waals surface area contributed by atoms with Crippen LogP contribution >= 0.6 is 0 Å². The first-order valence-electron chi connectivity index (χ1n) is 10.1. The Kier molecular flexibility index (Phi) is 4.83. The third-order valence-electron chi connectivity index (χ3n) is 5.40. The molecule has 4 aromatic rings. The van der Waals surface area contributed by atoms with E-state index in [0.29, 0.717) is 22.7 Å². The number of hydrogen-bond acceptors (Lipinski definition) is 5. The van der Waals surface area contributed by atoms with Gasteiger partial charge < -0.3 is 10.6 Å². The smallest absolute Gasteiger partial charge is 0.278 e. The van der Waals surface area contributed by atoms with Crippen LogP contribution in [0.2, 0.25) is 0 Å². The van der Waals surface area contributed by atoms with Crippen LogP contribution in [0.4, 0.5) is 16.0 Å². The van der Waals surface area contributed by atoms with E-state index in [2.05, 4.69) is 39.3 Å². The second-order valence-electron chi connectivity index (χ2n) is 7.43. The normalized spacial score (nSPS) is 13.2. The van der Waals surface area contributed by atoms with Crippen LogP contribution in [0.25, 0.3) is 16.7 Å². The first-order valence-corrected chi connectivity index (χ1v) is 10.1. The fourth-order valence-corrected chi connectivity index (χ4v) is 3.90. The molecular formula is C23H21FN6O. The number of rotatable bonds is 5. The van der Waals surface area contributed by atoms with E-state index >= 15 is 0 Å². The molecule has 0 unspecified atom stereocenters. The van der Waals surface area contributed by atoms with Gasteiger partial charge in [-0.15, -0.1) is 6.58 Å². The molecule has 1 aliphatic rings. The standard InChI is InChI=1S/C23H21FN6O/c1-2-11-29-22(31)20-14-26-23(27-18-6-3-16-13-25-10-9-15(16)12-18)28-21(20)30(29)19-7-4-17(24)5-8-19/h2-8,12,14,25H,1,9-11,13H2,(H,26,27,28). The van der Waals surface area contributed by atoms with Crippen LogP contribution in [-0.4, -0.2) is 25.9 Å². The molecule has 5 rings (SSSR count). The van der Waals surface area contributed by atoms with E-state index in [1.54, 1.807) is 22.9 Å². The number of benzene rings is 2. The minimum Gasteiger partial charge on any atom is -0.324 e. The summed E-state index contributed by atoms with van der Waals surface area (Å²) in [6.45, 7) is 5.86. The largest absolute Gasteiger partial charge is 0.324 e. The van der Waals surface area contributed by atoms with Crippen molar-refractivity contribution in [1.29, 1.82) is 0 Å². The molecule has 1 aliphatic heterocycles. The Balaban J connectivity index is 1.60. The summed E-state index contributed by atoms with van der Waals surface area (Å²) in [5, 5.41) is 6.99. The molecule has 0 radical (unpaired) electrons. The molecule has 2 N–H and O–H groups in total. The second kappa shape index (κ2) is 7.81. The minimum atomic E-state index is -0.350. The van der Waals surface area contributed by atoms with Crippen LogP contribution in [0, 0.1) is 5.82 Å². The lowest BCUT2D eigenvalue weighted by molar-refractivity contribution is 0.600. The molecule has 0 aliphatic carbocycles. The van der Waals surface area contributed by atoms with Crippen LogP contribution in [0.5, 0.6) is 0 Å². The number of halogens is 1. The summed E-state index contributed by atoms with van der Waals surface area (Å²) < 4.78 is 16.6. The van der Waals surface area contributed by atoms with Gasteiger partial charge in [0.25, 0.3) is 5.56 Å². The third kappa shape index (κ3) is 3.51. The van der Waals surface area contributed by atoms with Crippen molar-refractivity contribution >= 4 is 22.7 Å². The van der Waals surface area contributed by atoms with Crippen LogP contribution in [0.1, 0.15) is 11.1 Å². The van der Waals surface area contributed by atoms with Crippen LogP contribution in [-0.2, 0) is 19.5 Å². The molecule has 0 bridgehead atoms. The zero-order valence-corrected chi connectivity index (χ0v) is 16.8. The Labute approximate surface area is 177 Å². The highest BCUT2D eigenvalue weighted by molar-refractivity contribution is 5.77. The van der Waals surface area contributed by atoms with E-state index in [-0.39, 0.29) is 17.9 Å². The highest BCUT2D eigenvalue weighted by Gasteiger charge is 2.17. The van der Waals surface area contributed by atoms with Crippen molar-refractivity contribution < 1.29 is 4.39 Å². The molecule has 8 heteroatoms. The Morgan fingerprint density at radius 1 is 1.19 bits per heavy atom. The summed E-state index contributed by atoms with van der Waals surface area (Å²) in [5.41, 5.74) is 4.32. The lowest BCUT2D eigenvalue weighted by Crippen LogP contribution is -2.23. The van der Waals surface area contributed by atoms with E-state index in [1.807, 2.05) is 6.07 Å². The lowest BCUT2D eigenvalue weighted by Gasteiger charge is -2.18. The number of nitrogens with zero attached hydrogens (tertiary/aromatic N) is 4. The summed E-state index contributed by atoms with van der Waals surface area (Å²) >= 11 is 0. The SMILES string of the molecule is C=CCn1c(=O)c2cnc(Nc3ccc4c(c3)CCNC4)nc2n1-c1ccc(F)cc1. The summed E-state index contributed by atoms with van der Waals surface area (Å²) in [6.07, 6.45) is 4.13. The summed E-state index contributed by atoms with van der Waals surface area (Å²) in [6, 6.07) is 12.1. The Bertz CT molecular complexity index is 1340. The molecule has 156 valence electrons. The van der Waals surface area contributed by atoms with E-state index in [0.717, 1.165) is 25.2 Å². The van der Waals surface area contributed by atoms with Gasteiger partial charge in [-0.1, -0.05) is 12.1 Å². The molecule has 0 amide bonds. The van der Waals surface area contributed by atoms with Gasteiger partial charge >= 0.3 is 0 Å². The Hall–Kier alpha value is -3.78. The van der Waals surface area contributed by atoms with Gasteiger partial charge in [0, 0.05) is 18.4 Å². The van der Waals surface area contributed by atoms with Crippen molar-refractivity contribution in [3.05, 3.63) is 88.6 Å². The monoisotopic (exact) mass is 416 g/mol. The number of fused-ring (bicyclic) bond motifs is 2. The van der Waals surface area contributed by atoms with Crippen molar-refractivity contribution in [2.75, 3.05) is 11.9 Å². The topological polar surface area (TPSA) is 76.8 Å². The second-order valence-corrected chi connectivity index (χ2v) is 7.43. The first kappa shape index (κ1) is 19.2. The van der Waals surface area contributed by atoms with Crippen molar-refractivity contribution in [1.82, 2.24) is 24.6 Å². The number of aromatic nitrogens is 4. The fraction of sp³-hybridized carbons (Fsp3) is 0.174. The van der Waals surface area contributed by atoms with Crippen molar-refractivity contribution in [2.45, 2.75) is 19.5 Å². The van der Waals surface area contributed by atoms with E-state index in [4.69, 9.17) is 0 Å². The van der Waals surface area contributed by atoms with Crippen LogP contribution in [0.3, 0.4) is 0 Å². The number of allylic oxidation sites excluding steroid dienone is 1. The molecule has 7 nitrogen and oxygen atoms in total. The highest BCUT2D eigenvalue weighted by Crippen LogP contribution is 2.22. The van der Waals surface area contributed by atoms with Crippen molar-refractivity contribution in [3.8, 4) is 5.69 Å². The maximum Gasteiger partial charge on any atom is 0.278 e. The van der Waals surface area contributed by atoms with Gasteiger partial charge in [0.1, 0.15) is 11.2 Å². The number of hydrogen-bond donors (Lipinski definition) is 2. The van der Waals surface area contributed by atoms with E-state index in [9.17, 15) is 9.18 Å². The van der Waals surface area contributed by atoms with Gasteiger partial charge in [-0.2, -0.15) is 4.98 Å². The molecule has 0 fully saturated rings. The van der Waals surface area contributed by atoms with Gasteiger partial charge in [-0.25, -0.2) is 18.7 Å². The number of nitrogens with one attached hydrogen (secondary N) is 2. The maximum atomic E-state index is 13.5. The van der Waals surface area contributed by atoms with Gasteiger partial charge in [0.05, 0.1) is 12.2 Å². The summed E-state index contributed by atoms with van der Waals surface area (Å²) in [7, 11) is 0. The van der Waals surface area contributed by atoms with Crippen molar-refractivity contribution in [2.24, 2.45) is 0 Å². The molecule has 0 saturated heterocycles. The zero-order chi connectivity index (χ0) is 21.4. The predicted molar refractivity (Wildman–Crippen MR) is 118 cm³/mol. The number of anilines is 2. The molecule has 0 spiro atoms. The average molecular weight is 416 g/mol. The predicted octanol–water partition coefficient (Wildman–Crippen LogP) is 3.30. The zero-order valence-electron chi connectivity index (χ0n) is 16.8. The Morgan fingerprint density at radius 2 is 2.03 bits per heavy atom. The lowest BCUT2D eigenvalue weighted by atomic mass is 10.0. The van der Waals surface area contributed by atoms with Gasteiger partial charge in [0.15, 0.2) is 5.65 Å². The fourth-order valence-electron chi connectivity index (χ4n) is 3.90. The molecule has 31 heavy (non-hydrogen) atoms. The van der Waals surface area contributed by atoms with Crippen LogP contribution < -0.4 is 16.2 Å². The molecule has 3 heterocycles. The third-order valence-corrected chi connectivity index (χ3v) is 5.40. The quantitative estimate of drug-likeness (QED) is 0.488. The average Bonchev–Trinajstić information content (AvgIpc) is 3.06. The van der Waals surface area contributed by atoms with Crippen LogP contribution in [0.15, 0.2) is 66.1 Å². The van der Waals surface area contributed by atoms with Crippen molar-refractivity contribution in [3.63, 3.8) is 0 Å². The van der Waals surface area contributed by atoms with E-state index < -0.39 is 0 Å². The molecule has 0 atom stereocenters. The van der Waals surface area contributed by atoms with E-state index in [1.165, 1.54) is 34.1 Å². The molecular weight excluding hydrogens is 395 g/mol. The van der Waals surface area contributed by atoms with Gasteiger partial charge in [-0.05, 0) is 60.5 Å². The molecule has 0 saturated carbocycles. The Morgan fingerprint density at radius 3 is 2.84 bits per heavy atom. The highest BCUT2D eigenvalue weighted by atomic mass is 19.1. The molecule has 2 aromatic heterocycles. The first-order chi connectivity index (χ1) is 15.1. The van der Waals surface area contributed by atoms with Gasteiger partial charge in [-0.3, -0.25) is 4.79 Å². The van der Waals surface area contributed by atoms with Gasteiger partial charge in [0.2, 0.25) is 5.95 Å². The minimum absolute atomic E-state index is 0.230.